The fourth-order valence-corrected chi connectivity index (χ4v) is 2.52. The van der Waals surface area contributed by atoms with Crippen LogP contribution in [0.4, 0.5) is 0 Å². The van der Waals surface area contributed by atoms with E-state index >= 15 is 0 Å². The van der Waals surface area contributed by atoms with Gasteiger partial charge >= 0.3 is 5.97 Å². The highest BCUT2D eigenvalue weighted by Crippen LogP contribution is 2.23. The Morgan fingerprint density at radius 2 is 2.00 bits per heavy atom. The smallest absolute Gasteiger partial charge is 0.324 e. The Hall–Kier alpha value is -0.620. The molecule has 0 amide bonds. The summed E-state index contributed by atoms with van der Waals surface area (Å²) in [5.74, 6) is -0.794. The molecule has 106 valence electrons. The van der Waals surface area contributed by atoms with E-state index in [1.807, 2.05) is 24.3 Å². The summed E-state index contributed by atoms with van der Waals surface area (Å²) in [6.07, 6.45) is 1.01. The van der Waals surface area contributed by atoms with Crippen LogP contribution in [-0.2, 0) is 16.1 Å². The van der Waals surface area contributed by atoms with Crippen molar-refractivity contribution in [3.63, 3.8) is 0 Å². The normalized spacial score (nSPS) is 17.5. The van der Waals surface area contributed by atoms with Gasteiger partial charge in [0.1, 0.15) is 5.54 Å². The van der Waals surface area contributed by atoms with E-state index in [1.165, 1.54) is 0 Å². The topological polar surface area (TPSA) is 58.6 Å². The standard InChI is InChI=1S/C13H16BrNO3.ClH/c14-11-4-2-1-3-10(11)9-15-13(12(16)17)5-7-18-8-6-13;/h1-4,15H,5-9H2,(H,16,17);1H. The predicted molar refractivity (Wildman–Crippen MR) is 78.6 cm³/mol. The lowest BCUT2D eigenvalue weighted by atomic mass is 9.90. The Balaban J connectivity index is 0.00000180. The number of nitrogens with one attached hydrogen (secondary N) is 1. The van der Waals surface area contributed by atoms with Crippen LogP contribution in [0, 0.1) is 0 Å². The minimum Gasteiger partial charge on any atom is -0.480 e. The highest BCUT2D eigenvalue weighted by Gasteiger charge is 2.39. The summed E-state index contributed by atoms with van der Waals surface area (Å²) in [5, 5.41) is 12.6. The molecule has 0 unspecified atom stereocenters. The summed E-state index contributed by atoms with van der Waals surface area (Å²) < 4.78 is 6.23. The summed E-state index contributed by atoms with van der Waals surface area (Å²) >= 11 is 3.46. The maximum absolute atomic E-state index is 11.5. The van der Waals surface area contributed by atoms with Crippen molar-refractivity contribution < 1.29 is 14.6 Å². The van der Waals surface area contributed by atoms with Crippen LogP contribution in [0.1, 0.15) is 18.4 Å². The van der Waals surface area contributed by atoms with E-state index < -0.39 is 11.5 Å². The maximum atomic E-state index is 11.5. The van der Waals surface area contributed by atoms with E-state index in [1.54, 1.807) is 0 Å². The van der Waals surface area contributed by atoms with Gasteiger partial charge in [-0.3, -0.25) is 10.1 Å². The summed E-state index contributed by atoms with van der Waals surface area (Å²) in [7, 11) is 0. The van der Waals surface area contributed by atoms with Crippen molar-refractivity contribution in [1.29, 1.82) is 0 Å². The largest absolute Gasteiger partial charge is 0.480 e. The molecule has 0 aromatic heterocycles. The maximum Gasteiger partial charge on any atom is 0.324 e. The van der Waals surface area contributed by atoms with Crippen LogP contribution >= 0.6 is 28.3 Å². The third kappa shape index (κ3) is 3.92. The lowest BCUT2D eigenvalue weighted by molar-refractivity contribution is -0.149. The van der Waals surface area contributed by atoms with Gasteiger partial charge in [0.05, 0.1) is 0 Å². The molecule has 4 nitrogen and oxygen atoms in total. The van der Waals surface area contributed by atoms with Crippen LogP contribution in [-0.4, -0.2) is 29.8 Å². The molecule has 2 N–H and O–H groups in total. The fraction of sp³-hybridized carbons (Fsp3) is 0.462. The van der Waals surface area contributed by atoms with Crippen molar-refractivity contribution in [2.24, 2.45) is 0 Å². The highest BCUT2D eigenvalue weighted by atomic mass is 79.9. The molecular weight excluding hydrogens is 334 g/mol. The monoisotopic (exact) mass is 349 g/mol. The highest BCUT2D eigenvalue weighted by molar-refractivity contribution is 9.10. The van der Waals surface area contributed by atoms with E-state index in [9.17, 15) is 9.90 Å². The van der Waals surface area contributed by atoms with Crippen molar-refractivity contribution in [3.8, 4) is 0 Å². The first-order chi connectivity index (χ1) is 8.64. The summed E-state index contributed by atoms with van der Waals surface area (Å²) in [4.78, 5) is 11.5. The number of hydrogen-bond donors (Lipinski definition) is 2. The number of carboxylic acid groups (broad SMARTS) is 1. The molecule has 1 fully saturated rings. The molecule has 19 heavy (non-hydrogen) atoms. The van der Waals surface area contributed by atoms with E-state index in [2.05, 4.69) is 21.2 Å². The number of benzene rings is 1. The number of halogens is 2. The van der Waals surface area contributed by atoms with Crippen molar-refractivity contribution in [3.05, 3.63) is 34.3 Å². The van der Waals surface area contributed by atoms with Gasteiger partial charge in [-0.05, 0) is 24.5 Å². The predicted octanol–water partition coefficient (Wildman–Crippen LogP) is 2.59. The lowest BCUT2D eigenvalue weighted by Crippen LogP contribution is -2.55. The summed E-state index contributed by atoms with van der Waals surface area (Å²) in [6.45, 7) is 1.53. The molecule has 0 bridgehead atoms. The summed E-state index contributed by atoms with van der Waals surface area (Å²) in [5.41, 5.74) is 0.206. The van der Waals surface area contributed by atoms with Gasteiger partial charge in [-0.25, -0.2) is 0 Å². The molecule has 1 aromatic carbocycles. The van der Waals surface area contributed by atoms with Gasteiger partial charge in [-0.1, -0.05) is 34.1 Å². The first kappa shape index (κ1) is 16.4. The fourth-order valence-electron chi connectivity index (χ4n) is 2.09. The Morgan fingerprint density at radius 3 is 2.58 bits per heavy atom. The zero-order chi connectivity index (χ0) is 13.0. The molecule has 0 atom stereocenters. The average molecular weight is 351 g/mol. The van der Waals surface area contributed by atoms with Crippen LogP contribution in [0.25, 0.3) is 0 Å². The van der Waals surface area contributed by atoms with Crippen molar-refractivity contribution in [2.75, 3.05) is 13.2 Å². The molecule has 1 heterocycles. The van der Waals surface area contributed by atoms with Gasteiger partial charge in [-0.15, -0.1) is 12.4 Å². The van der Waals surface area contributed by atoms with Gasteiger partial charge in [0.2, 0.25) is 0 Å². The van der Waals surface area contributed by atoms with Crippen LogP contribution in [0.15, 0.2) is 28.7 Å². The lowest BCUT2D eigenvalue weighted by Gasteiger charge is -2.34. The summed E-state index contributed by atoms with van der Waals surface area (Å²) in [6, 6.07) is 7.81. The molecule has 1 aromatic rings. The molecule has 2 rings (SSSR count). The minimum atomic E-state index is -0.854. The third-order valence-corrected chi connectivity index (χ3v) is 4.10. The molecular formula is C13H17BrClNO3. The Kier molecular flexibility index (Phi) is 6.26. The van der Waals surface area contributed by atoms with Crippen LogP contribution in [0.2, 0.25) is 0 Å². The van der Waals surface area contributed by atoms with Crippen LogP contribution in [0.3, 0.4) is 0 Å². The molecule has 0 saturated carbocycles. The molecule has 1 aliphatic heterocycles. The molecule has 0 radical (unpaired) electrons. The average Bonchev–Trinajstić information content (AvgIpc) is 2.39. The minimum absolute atomic E-state index is 0. The first-order valence-corrected chi connectivity index (χ1v) is 6.73. The molecule has 1 aliphatic rings. The van der Waals surface area contributed by atoms with E-state index in [0.29, 0.717) is 32.6 Å². The van der Waals surface area contributed by atoms with E-state index in [0.717, 1.165) is 10.0 Å². The Bertz CT molecular complexity index is 436. The number of aliphatic carboxylic acids is 1. The van der Waals surface area contributed by atoms with Crippen LogP contribution in [0.5, 0.6) is 0 Å². The van der Waals surface area contributed by atoms with Crippen molar-refractivity contribution >= 4 is 34.3 Å². The number of carbonyl (C=O) groups is 1. The zero-order valence-corrected chi connectivity index (χ0v) is 12.8. The second-order valence-corrected chi connectivity index (χ2v) is 5.30. The van der Waals surface area contributed by atoms with E-state index in [4.69, 9.17) is 4.74 Å². The molecule has 0 aliphatic carbocycles. The second-order valence-electron chi connectivity index (χ2n) is 4.44. The SMILES string of the molecule is Cl.O=C(O)C1(NCc2ccccc2Br)CCOCC1. The quantitative estimate of drug-likeness (QED) is 0.876. The number of ether oxygens (including phenoxy) is 1. The zero-order valence-electron chi connectivity index (χ0n) is 10.4. The second kappa shape index (κ2) is 7.24. The first-order valence-electron chi connectivity index (χ1n) is 5.94. The Morgan fingerprint density at radius 1 is 1.37 bits per heavy atom. The Labute approximate surface area is 127 Å². The number of carboxylic acids is 1. The van der Waals surface area contributed by atoms with Gasteiger partial charge in [0.15, 0.2) is 0 Å². The van der Waals surface area contributed by atoms with Gasteiger partial charge in [0.25, 0.3) is 0 Å². The molecule has 6 heteroatoms. The molecule has 1 saturated heterocycles. The third-order valence-electron chi connectivity index (χ3n) is 3.33. The van der Waals surface area contributed by atoms with Gasteiger partial charge in [-0.2, -0.15) is 0 Å². The van der Waals surface area contributed by atoms with E-state index in [-0.39, 0.29) is 12.4 Å². The molecule has 0 spiro atoms. The van der Waals surface area contributed by atoms with Gasteiger partial charge < -0.3 is 9.84 Å². The number of rotatable bonds is 4. The van der Waals surface area contributed by atoms with Crippen LogP contribution < -0.4 is 5.32 Å². The van der Waals surface area contributed by atoms with Crippen molar-refractivity contribution in [1.82, 2.24) is 5.32 Å². The van der Waals surface area contributed by atoms with Crippen molar-refractivity contribution in [2.45, 2.75) is 24.9 Å². The number of hydrogen-bond acceptors (Lipinski definition) is 3. The van der Waals surface area contributed by atoms with Gasteiger partial charge in [0, 0.05) is 24.2 Å².